The molecule has 0 unspecified atom stereocenters. The van der Waals surface area contributed by atoms with Gasteiger partial charge in [0.05, 0.1) is 5.54 Å². The number of amides is 1. The van der Waals surface area contributed by atoms with Crippen LogP contribution in [0.2, 0.25) is 0 Å². The van der Waals surface area contributed by atoms with Crippen LogP contribution >= 0.6 is 0 Å². The minimum Gasteiger partial charge on any atom is -0.326 e. The molecule has 1 spiro atoms. The fourth-order valence-electron chi connectivity index (χ4n) is 5.11. The van der Waals surface area contributed by atoms with Gasteiger partial charge in [0, 0.05) is 24.7 Å². The molecule has 1 saturated heterocycles. The molecule has 0 saturated carbocycles. The second-order valence-electron chi connectivity index (χ2n) is 8.53. The molecule has 1 aliphatic heterocycles. The third-order valence-electron chi connectivity index (χ3n) is 6.69. The highest BCUT2D eigenvalue weighted by atomic mass is 16.1. The van der Waals surface area contributed by atoms with Crippen molar-refractivity contribution in [1.82, 2.24) is 4.90 Å². The number of carbonyl (C=O) groups is 2. The molecule has 0 aromatic heterocycles. The molecule has 2 aromatic rings. The summed E-state index contributed by atoms with van der Waals surface area (Å²) in [5, 5.41) is 2.83. The molecule has 2 aliphatic rings. The van der Waals surface area contributed by atoms with Crippen LogP contribution in [0.3, 0.4) is 0 Å². The van der Waals surface area contributed by atoms with E-state index in [2.05, 4.69) is 41.4 Å². The molecule has 4 nitrogen and oxygen atoms in total. The van der Waals surface area contributed by atoms with Crippen LogP contribution in [-0.4, -0.2) is 35.2 Å². The lowest BCUT2D eigenvalue weighted by Crippen LogP contribution is -2.59. The Hall–Kier alpha value is -2.46. The Morgan fingerprint density at radius 3 is 2.76 bits per heavy atom. The summed E-state index contributed by atoms with van der Waals surface area (Å²) in [4.78, 5) is 27.5. The standard InChI is InChI=1S/C25H30N2O2/c1-18-7-3-4-8-20(18)12-16-27-15-6-5-13-25(27)14-11-21-17-22(26-19(2)28)9-10-23(21)24(25)29/h3-4,7-10,17H,5-6,11-16H2,1-2H3,(H,26,28)/t25-/m1/s1. The summed E-state index contributed by atoms with van der Waals surface area (Å²) in [7, 11) is 0. The van der Waals surface area contributed by atoms with E-state index in [0.29, 0.717) is 0 Å². The number of hydrogen-bond donors (Lipinski definition) is 1. The smallest absolute Gasteiger partial charge is 0.221 e. The lowest BCUT2D eigenvalue weighted by molar-refractivity contribution is -0.114. The van der Waals surface area contributed by atoms with E-state index in [4.69, 9.17) is 0 Å². The van der Waals surface area contributed by atoms with E-state index in [1.165, 1.54) is 18.1 Å². The largest absolute Gasteiger partial charge is 0.326 e. The van der Waals surface area contributed by atoms with Gasteiger partial charge < -0.3 is 5.32 Å². The lowest BCUT2D eigenvalue weighted by atomic mass is 9.71. The quantitative estimate of drug-likeness (QED) is 0.833. The number of nitrogens with zero attached hydrogens (tertiary/aromatic N) is 1. The van der Waals surface area contributed by atoms with Crippen molar-refractivity contribution in [1.29, 1.82) is 0 Å². The number of benzene rings is 2. The number of hydrogen-bond acceptors (Lipinski definition) is 3. The number of aryl methyl sites for hydroxylation is 2. The molecule has 1 fully saturated rings. The molecule has 2 aromatic carbocycles. The average Bonchev–Trinajstić information content (AvgIpc) is 2.71. The summed E-state index contributed by atoms with van der Waals surface area (Å²) in [6.07, 6.45) is 5.97. The van der Waals surface area contributed by atoms with Crippen LogP contribution in [0.4, 0.5) is 5.69 Å². The first kappa shape index (κ1) is 19.8. The van der Waals surface area contributed by atoms with E-state index >= 15 is 0 Å². The number of nitrogens with one attached hydrogen (secondary N) is 1. The highest BCUT2D eigenvalue weighted by Gasteiger charge is 2.47. The summed E-state index contributed by atoms with van der Waals surface area (Å²) in [6, 6.07) is 14.3. The zero-order valence-corrected chi connectivity index (χ0v) is 17.5. The normalized spacial score (nSPS) is 21.8. The Morgan fingerprint density at radius 1 is 1.14 bits per heavy atom. The maximum atomic E-state index is 13.7. The Kier molecular flexibility index (Phi) is 5.55. The third kappa shape index (κ3) is 3.86. The summed E-state index contributed by atoms with van der Waals surface area (Å²) >= 11 is 0. The summed E-state index contributed by atoms with van der Waals surface area (Å²) in [6.45, 7) is 5.59. The van der Waals surface area contributed by atoms with Crippen molar-refractivity contribution in [2.45, 2.75) is 57.9 Å². The molecule has 29 heavy (non-hydrogen) atoms. The van der Waals surface area contributed by atoms with Gasteiger partial charge in [0.2, 0.25) is 5.91 Å². The number of anilines is 1. The molecule has 1 amide bonds. The molecule has 1 atom stereocenters. The van der Waals surface area contributed by atoms with Crippen molar-refractivity contribution in [3.63, 3.8) is 0 Å². The zero-order valence-electron chi connectivity index (χ0n) is 17.5. The maximum Gasteiger partial charge on any atom is 0.221 e. The van der Waals surface area contributed by atoms with Gasteiger partial charge in [0.15, 0.2) is 5.78 Å². The van der Waals surface area contributed by atoms with Crippen molar-refractivity contribution in [3.8, 4) is 0 Å². The molecule has 0 radical (unpaired) electrons. The monoisotopic (exact) mass is 390 g/mol. The van der Waals surface area contributed by atoms with Gasteiger partial charge in [-0.15, -0.1) is 0 Å². The Balaban J connectivity index is 1.57. The SMILES string of the molecule is CC(=O)Nc1ccc2c(c1)CC[C@]1(CCCCN1CCc1ccccc1C)C2=O. The van der Waals surface area contributed by atoms with E-state index in [-0.39, 0.29) is 17.2 Å². The van der Waals surface area contributed by atoms with Crippen LogP contribution in [0.25, 0.3) is 0 Å². The van der Waals surface area contributed by atoms with Gasteiger partial charge in [-0.05, 0) is 86.9 Å². The second kappa shape index (κ2) is 8.11. The molecule has 0 bridgehead atoms. The van der Waals surface area contributed by atoms with E-state index in [1.54, 1.807) is 0 Å². The van der Waals surface area contributed by atoms with Gasteiger partial charge in [-0.25, -0.2) is 0 Å². The minimum absolute atomic E-state index is 0.0850. The first-order chi connectivity index (χ1) is 14.0. The number of fused-ring (bicyclic) bond motifs is 1. The van der Waals surface area contributed by atoms with Crippen molar-refractivity contribution in [2.24, 2.45) is 0 Å². The average molecular weight is 391 g/mol. The maximum absolute atomic E-state index is 13.7. The molecule has 1 N–H and O–H groups in total. The van der Waals surface area contributed by atoms with Crippen LogP contribution in [0.1, 0.15) is 59.7 Å². The summed E-state index contributed by atoms with van der Waals surface area (Å²) in [5.41, 5.74) is 5.02. The van der Waals surface area contributed by atoms with Crippen LogP contribution in [0.15, 0.2) is 42.5 Å². The fourth-order valence-corrected chi connectivity index (χ4v) is 5.11. The molecule has 1 aliphatic carbocycles. The van der Waals surface area contributed by atoms with Crippen LogP contribution in [0.5, 0.6) is 0 Å². The zero-order chi connectivity index (χ0) is 20.4. The van der Waals surface area contributed by atoms with Gasteiger partial charge in [-0.2, -0.15) is 0 Å². The number of rotatable bonds is 4. The molecule has 4 heteroatoms. The Bertz CT molecular complexity index is 936. The van der Waals surface area contributed by atoms with Crippen molar-refractivity contribution >= 4 is 17.4 Å². The first-order valence-electron chi connectivity index (χ1n) is 10.7. The van der Waals surface area contributed by atoms with Crippen molar-refractivity contribution in [2.75, 3.05) is 18.4 Å². The lowest BCUT2D eigenvalue weighted by Gasteiger charge is -2.48. The van der Waals surface area contributed by atoms with Gasteiger partial charge >= 0.3 is 0 Å². The first-order valence-corrected chi connectivity index (χ1v) is 10.7. The van der Waals surface area contributed by atoms with Crippen LogP contribution in [0, 0.1) is 6.92 Å². The van der Waals surface area contributed by atoms with E-state index in [9.17, 15) is 9.59 Å². The van der Waals surface area contributed by atoms with Gasteiger partial charge in [-0.1, -0.05) is 24.3 Å². The Morgan fingerprint density at radius 2 is 1.97 bits per heavy atom. The van der Waals surface area contributed by atoms with E-state index in [1.807, 2.05) is 18.2 Å². The topological polar surface area (TPSA) is 49.4 Å². The number of ketones is 1. The number of likely N-dealkylation sites (tertiary alicyclic amines) is 1. The minimum atomic E-state index is -0.358. The fraction of sp³-hybridized carbons (Fsp3) is 0.440. The number of Topliss-reactive ketones (excluding diaryl/α,β-unsaturated/α-hetero) is 1. The van der Waals surface area contributed by atoms with Crippen LogP contribution in [-0.2, 0) is 17.6 Å². The molecule has 4 rings (SSSR count). The number of carbonyl (C=O) groups excluding carboxylic acids is 2. The molecular weight excluding hydrogens is 360 g/mol. The van der Waals surface area contributed by atoms with Gasteiger partial charge in [0.1, 0.15) is 0 Å². The number of piperidine rings is 1. The Labute approximate surface area is 173 Å². The van der Waals surface area contributed by atoms with Crippen LogP contribution < -0.4 is 5.32 Å². The second-order valence-corrected chi connectivity index (χ2v) is 8.53. The molecule has 1 heterocycles. The highest BCUT2D eigenvalue weighted by molar-refractivity contribution is 6.06. The third-order valence-corrected chi connectivity index (χ3v) is 6.69. The molecular formula is C25H30N2O2. The predicted molar refractivity (Wildman–Crippen MR) is 116 cm³/mol. The van der Waals surface area contributed by atoms with Crippen molar-refractivity contribution in [3.05, 3.63) is 64.7 Å². The van der Waals surface area contributed by atoms with Gasteiger partial charge in [-0.3, -0.25) is 14.5 Å². The van der Waals surface area contributed by atoms with E-state index < -0.39 is 0 Å². The highest BCUT2D eigenvalue weighted by Crippen LogP contribution is 2.40. The summed E-state index contributed by atoms with van der Waals surface area (Å²) < 4.78 is 0. The predicted octanol–water partition coefficient (Wildman–Crippen LogP) is 4.55. The summed E-state index contributed by atoms with van der Waals surface area (Å²) in [5.74, 6) is 0.191. The van der Waals surface area contributed by atoms with E-state index in [0.717, 1.165) is 68.4 Å². The van der Waals surface area contributed by atoms with Gasteiger partial charge in [0.25, 0.3) is 0 Å². The van der Waals surface area contributed by atoms with Crippen molar-refractivity contribution < 1.29 is 9.59 Å². The molecule has 152 valence electrons.